The van der Waals surface area contributed by atoms with E-state index in [4.69, 9.17) is 19.4 Å². The molecule has 1 fully saturated rings. The molecule has 3 aromatic rings. The van der Waals surface area contributed by atoms with E-state index in [2.05, 4.69) is 10.3 Å². The van der Waals surface area contributed by atoms with Crippen LogP contribution in [0.15, 0.2) is 54.6 Å². The van der Waals surface area contributed by atoms with Gasteiger partial charge in [-0.25, -0.2) is 14.6 Å². The Morgan fingerprint density at radius 3 is 2.09 bits per heavy atom. The van der Waals surface area contributed by atoms with Crippen LogP contribution in [0, 0.1) is 5.92 Å². The lowest BCUT2D eigenvalue weighted by Crippen LogP contribution is -2.53. The number of nitrogens with zero attached hydrogens (tertiary/aromatic N) is 3. The van der Waals surface area contributed by atoms with Gasteiger partial charge >= 0.3 is 39.7 Å². The maximum Gasteiger partial charge on any atom is 0.516 e. The number of benzene rings is 2. The molecular formula is C31H31F6N5O11S. The van der Waals surface area contributed by atoms with Gasteiger partial charge in [0.25, 0.3) is 5.91 Å². The van der Waals surface area contributed by atoms with Crippen molar-refractivity contribution in [2.24, 2.45) is 5.92 Å². The molecule has 0 saturated carbocycles. The number of carbonyl (C=O) groups excluding carboxylic acids is 3. The van der Waals surface area contributed by atoms with Gasteiger partial charge in [-0.3, -0.25) is 19.1 Å². The molecule has 0 aliphatic carbocycles. The second-order valence-electron chi connectivity index (χ2n) is 11.0. The van der Waals surface area contributed by atoms with Crippen molar-refractivity contribution in [1.29, 1.82) is 0 Å². The Kier molecular flexibility index (Phi) is 14.0. The molecule has 0 radical (unpaired) electrons. The largest absolute Gasteiger partial charge is 0.516 e. The van der Waals surface area contributed by atoms with Crippen molar-refractivity contribution in [3.05, 3.63) is 60.3 Å². The van der Waals surface area contributed by atoms with E-state index in [1.807, 2.05) is 0 Å². The van der Waals surface area contributed by atoms with Crippen LogP contribution in [0.5, 0.6) is 11.5 Å². The number of piperazine rings is 1. The maximum absolute atomic E-state index is 13.1. The predicted octanol–water partition coefficient (Wildman–Crippen LogP) is 4.04. The number of rotatable bonds is 11. The minimum atomic E-state index is -5.68. The Hall–Kier alpha value is -5.87. The molecule has 3 amide bonds. The first-order valence-electron chi connectivity index (χ1n) is 15.4. The fourth-order valence-electron chi connectivity index (χ4n) is 4.63. The van der Waals surface area contributed by atoms with Crippen LogP contribution in [0.2, 0.25) is 0 Å². The number of hydrogen-bond acceptors (Lipinski definition) is 10. The minimum Gasteiger partial charge on any atom is -0.481 e. The third-order valence-corrected chi connectivity index (χ3v) is 8.32. The van der Waals surface area contributed by atoms with Crippen LogP contribution >= 0.6 is 0 Å². The average Bonchev–Trinajstić information content (AvgIpc) is 3.09. The summed E-state index contributed by atoms with van der Waals surface area (Å²) in [4.78, 5) is 65.9. The summed E-state index contributed by atoms with van der Waals surface area (Å²) in [6.07, 6.45) is -5.84. The van der Waals surface area contributed by atoms with E-state index in [0.29, 0.717) is 10.9 Å². The Balaban J connectivity index is 0.00000102. The second kappa shape index (κ2) is 17.8. The zero-order chi connectivity index (χ0) is 40.4. The number of ether oxygens (including phenoxy) is 2. The summed E-state index contributed by atoms with van der Waals surface area (Å²) < 4.78 is 105. The molecular weight excluding hydrogens is 764 g/mol. The molecule has 1 atom stereocenters. The summed E-state index contributed by atoms with van der Waals surface area (Å²) in [6, 6.07) is 12.5. The van der Waals surface area contributed by atoms with Gasteiger partial charge in [0.1, 0.15) is 23.1 Å². The van der Waals surface area contributed by atoms with Gasteiger partial charge in [-0.05, 0) is 37.6 Å². The van der Waals surface area contributed by atoms with Gasteiger partial charge in [0, 0.05) is 50.2 Å². The van der Waals surface area contributed by atoms with Crippen molar-refractivity contribution < 1.29 is 78.4 Å². The molecule has 16 nitrogen and oxygen atoms in total. The third-order valence-electron chi connectivity index (χ3n) is 7.20. The van der Waals surface area contributed by atoms with Crippen molar-refractivity contribution >= 4 is 56.5 Å². The monoisotopic (exact) mass is 795 g/mol. The highest BCUT2D eigenvalue weighted by Crippen LogP contribution is 2.32. The molecule has 4 rings (SSSR count). The molecule has 23 heteroatoms. The van der Waals surface area contributed by atoms with Crippen LogP contribution in [0.1, 0.15) is 23.8 Å². The van der Waals surface area contributed by atoms with Crippen molar-refractivity contribution in [3.63, 3.8) is 0 Å². The van der Waals surface area contributed by atoms with Crippen molar-refractivity contribution in [1.82, 2.24) is 20.1 Å². The van der Waals surface area contributed by atoms with Crippen molar-refractivity contribution in [2.45, 2.75) is 25.0 Å². The molecule has 1 aliphatic heterocycles. The van der Waals surface area contributed by atoms with E-state index < -0.39 is 63.2 Å². The number of sulfonamides is 1. The molecule has 0 spiro atoms. The van der Waals surface area contributed by atoms with Gasteiger partial charge in [-0.15, -0.1) is 0 Å². The Morgan fingerprint density at radius 1 is 0.907 bits per heavy atom. The summed E-state index contributed by atoms with van der Waals surface area (Å²) >= 11 is 0. The van der Waals surface area contributed by atoms with Gasteiger partial charge in [-0.1, -0.05) is 18.2 Å². The number of aromatic nitrogens is 1. The smallest absolute Gasteiger partial charge is 0.481 e. The van der Waals surface area contributed by atoms with Gasteiger partial charge < -0.3 is 34.8 Å². The van der Waals surface area contributed by atoms with Gasteiger partial charge in [0.05, 0.1) is 17.8 Å². The Labute approximate surface area is 301 Å². The molecule has 0 bridgehead atoms. The first kappa shape index (κ1) is 42.5. The molecule has 1 saturated heterocycles. The molecule has 4 N–H and O–H groups in total. The second-order valence-corrected chi connectivity index (χ2v) is 12.6. The average molecular weight is 796 g/mol. The van der Waals surface area contributed by atoms with Gasteiger partial charge in [0.15, 0.2) is 0 Å². The molecule has 54 heavy (non-hydrogen) atoms. The summed E-state index contributed by atoms with van der Waals surface area (Å²) in [5.74, 6) is -6.97. The summed E-state index contributed by atoms with van der Waals surface area (Å²) in [7, 11) is -5.68. The number of carbonyl (C=O) groups is 5. The van der Waals surface area contributed by atoms with Crippen LogP contribution in [0.4, 0.5) is 36.8 Å². The van der Waals surface area contributed by atoms with E-state index in [0.717, 1.165) is 12.1 Å². The number of para-hydroxylation sites is 1. The topological polar surface area (TPSA) is 222 Å². The molecule has 1 unspecified atom stereocenters. The normalized spacial score (nSPS) is 13.9. The SMILES string of the molecule is CCOC(=O)N1CCN(C(=O)C(CCNC(=O)c2cc(Oc3cccc(NS(=O)(=O)C(F)(F)F)c3)c3ccccc3n2)C(=O)O)CC1.O=C(O)C(F)(F)F. The van der Waals surface area contributed by atoms with Crippen molar-refractivity contribution in [3.8, 4) is 11.5 Å². The number of carboxylic acid groups (broad SMARTS) is 2. The fourth-order valence-corrected chi connectivity index (χ4v) is 5.18. The zero-order valence-corrected chi connectivity index (χ0v) is 28.6. The number of anilines is 1. The lowest BCUT2D eigenvalue weighted by molar-refractivity contribution is -0.192. The maximum atomic E-state index is 13.1. The Bertz CT molecular complexity index is 1970. The summed E-state index contributed by atoms with van der Waals surface area (Å²) in [5, 5.41) is 19.8. The van der Waals surface area contributed by atoms with Crippen LogP contribution in [-0.2, 0) is 29.1 Å². The number of hydrogen-bond donors (Lipinski definition) is 4. The predicted molar refractivity (Wildman–Crippen MR) is 174 cm³/mol. The molecule has 294 valence electrons. The standard InChI is InChI=1S/C29H30F3N5O9S.C2HF3O2/c1-2-45-28(42)37-14-12-36(13-15-37)26(39)21(27(40)41)10-11-33-25(38)23-17-24(20-8-3-4-9-22(20)34-23)46-19-7-5-6-18(16-19)35-47(43,44)29(30,31)32;3-2(4,5)1(6)7/h3-9,16-17,21,35H,2,10-15H2,1H3,(H,33,38)(H,40,41);(H,6,7). The summed E-state index contributed by atoms with van der Waals surface area (Å²) in [5.41, 5.74) is -5.79. The van der Waals surface area contributed by atoms with Crippen LogP contribution in [0.3, 0.4) is 0 Å². The first-order valence-corrected chi connectivity index (χ1v) is 16.9. The number of carboxylic acids is 2. The summed E-state index contributed by atoms with van der Waals surface area (Å²) in [6.45, 7) is 2.25. The molecule has 2 heterocycles. The Morgan fingerprint density at radius 2 is 1.52 bits per heavy atom. The highest BCUT2D eigenvalue weighted by atomic mass is 32.2. The van der Waals surface area contributed by atoms with Gasteiger partial charge in [-0.2, -0.15) is 34.8 Å². The van der Waals surface area contributed by atoms with E-state index in [1.54, 1.807) is 31.2 Å². The quantitative estimate of drug-likeness (QED) is 0.160. The number of aliphatic carboxylic acids is 2. The lowest BCUT2D eigenvalue weighted by Gasteiger charge is -2.35. The molecule has 1 aromatic heterocycles. The zero-order valence-electron chi connectivity index (χ0n) is 27.8. The molecule has 2 aromatic carbocycles. The van der Waals surface area contributed by atoms with E-state index in [-0.39, 0.29) is 62.9 Å². The number of amides is 3. The fraction of sp³-hybridized carbons (Fsp3) is 0.355. The van der Waals surface area contributed by atoms with Crippen LogP contribution in [0.25, 0.3) is 10.9 Å². The minimum absolute atomic E-state index is 0.0546. The first-order chi connectivity index (χ1) is 25.1. The highest BCUT2D eigenvalue weighted by Gasteiger charge is 2.46. The number of fused-ring (bicyclic) bond motifs is 1. The third kappa shape index (κ3) is 11.6. The van der Waals surface area contributed by atoms with Gasteiger partial charge in [0.2, 0.25) is 5.91 Å². The van der Waals surface area contributed by atoms with Crippen LogP contribution in [-0.4, -0.2) is 114 Å². The van der Waals surface area contributed by atoms with Crippen molar-refractivity contribution in [2.75, 3.05) is 44.1 Å². The number of alkyl halides is 6. The number of pyridine rings is 1. The number of nitrogens with one attached hydrogen (secondary N) is 2. The number of halogens is 6. The highest BCUT2D eigenvalue weighted by molar-refractivity contribution is 7.93. The van der Waals surface area contributed by atoms with E-state index in [9.17, 15) is 59.0 Å². The molecule has 1 aliphatic rings. The van der Waals surface area contributed by atoms with Crippen LogP contribution < -0.4 is 14.8 Å². The lowest BCUT2D eigenvalue weighted by atomic mass is 10.0. The van der Waals surface area contributed by atoms with E-state index in [1.165, 1.54) is 32.7 Å². The van der Waals surface area contributed by atoms with E-state index >= 15 is 0 Å².